The van der Waals surface area contributed by atoms with Crippen LogP contribution in [0.5, 0.6) is 0 Å². The Morgan fingerprint density at radius 2 is 1.53 bits per heavy atom. The summed E-state index contributed by atoms with van der Waals surface area (Å²) in [4.78, 5) is 58.3. The van der Waals surface area contributed by atoms with E-state index in [-0.39, 0.29) is 0 Å². The molecule has 0 aromatic carbocycles. The summed E-state index contributed by atoms with van der Waals surface area (Å²) >= 11 is 6.54. The second-order valence-electron chi connectivity index (χ2n) is 7.08. The van der Waals surface area contributed by atoms with Gasteiger partial charge in [-0.1, -0.05) is 22.9 Å². The summed E-state index contributed by atoms with van der Waals surface area (Å²) in [5.74, 6) is -4.35. The lowest BCUT2D eigenvalue weighted by Crippen LogP contribution is -2.65. The van der Waals surface area contributed by atoms with Crippen molar-refractivity contribution in [2.24, 2.45) is 5.92 Å². The number of hydrogen-bond acceptors (Lipinski definition) is 11. The SMILES string of the molecule is COC(=O)[C@@]1(Br)O[C@@H]([C@H](OC(C)=O)[C@@H](COC(C)=O)OC(C)=O)[C@H](C)[C@@H](OC(C)=O)[C@H]1Br. The summed E-state index contributed by atoms with van der Waals surface area (Å²) in [7, 11) is 1.13. The first-order valence-electron chi connectivity index (χ1n) is 9.48. The van der Waals surface area contributed by atoms with Gasteiger partial charge in [0.1, 0.15) is 23.6 Å². The van der Waals surface area contributed by atoms with Gasteiger partial charge in [-0.05, 0) is 15.9 Å². The topological polar surface area (TPSA) is 141 Å². The minimum atomic E-state index is -1.86. The summed E-state index contributed by atoms with van der Waals surface area (Å²) in [5, 5.41) is 0. The molecular weight excluding hydrogens is 564 g/mol. The monoisotopic (exact) mass is 588 g/mol. The number of methoxy groups -OCH3 is 1. The fourth-order valence-corrected chi connectivity index (χ4v) is 4.74. The highest BCUT2D eigenvalue weighted by Gasteiger charge is 2.60. The summed E-state index contributed by atoms with van der Waals surface area (Å²) in [5.41, 5.74) is 0. The van der Waals surface area contributed by atoms with Crippen molar-refractivity contribution >= 4 is 61.7 Å². The number of carbonyl (C=O) groups is 5. The molecule has 0 aromatic heterocycles. The highest BCUT2D eigenvalue weighted by Crippen LogP contribution is 2.45. The quantitative estimate of drug-likeness (QED) is 0.230. The predicted octanol–water partition coefficient (Wildman–Crippen LogP) is 1.41. The summed E-state index contributed by atoms with van der Waals surface area (Å²) in [6.07, 6.45) is -4.76. The van der Waals surface area contributed by atoms with Gasteiger partial charge in [0.05, 0.1) is 7.11 Å². The zero-order chi connectivity index (χ0) is 24.8. The Hall–Kier alpha value is -1.73. The molecule has 0 unspecified atom stereocenters. The Labute approximate surface area is 202 Å². The first-order valence-corrected chi connectivity index (χ1v) is 11.2. The van der Waals surface area contributed by atoms with Crippen molar-refractivity contribution in [3.05, 3.63) is 0 Å². The molecule has 182 valence electrons. The van der Waals surface area contributed by atoms with Crippen LogP contribution >= 0.6 is 31.9 Å². The average molecular weight is 590 g/mol. The maximum absolute atomic E-state index is 12.6. The van der Waals surface area contributed by atoms with Crippen LogP contribution in [0.3, 0.4) is 0 Å². The van der Waals surface area contributed by atoms with Crippen LogP contribution in [0.4, 0.5) is 0 Å². The molecule has 11 nitrogen and oxygen atoms in total. The van der Waals surface area contributed by atoms with Gasteiger partial charge in [-0.3, -0.25) is 19.2 Å². The van der Waals surface area contributed by atoms with Crippen LogP contribution in [0, 0.1) is 5.92 Å². The first kappa shape index (κ1) is 28.3. The fourth-order valence-electron chi connectivity index (χ4n) is 3.21. The van der Waals surface area contributed by atoms with Crippen LogP contribution in [0.2, 0.25) is 0 Å². The number of rotatable bonds is 8. The Morgan fingerprint density at radius 3 is 1.97 bits per heavy atom. The van der Waals surface area contributed by atoms with Crippen LogP contribution in [0.15, 0.2) is 0 Å². The number of hydrogen-bond donors (Lipinski definition) is 0. The second-order valence-corrected chi connectivity index (χ2v) is 9.24. The molecule has 0 amide bonds. The first-order chi connectivity index (χ1) is 14.7. The summed E-state index contributed by atoms with van der Waals surface area (Å²) < 4.78 is 30.0. The molecule has 0 saturated carbocycles. The van der Waals surface area contributed by atoms with Gasteiger partial charge in [0.15, 0.2) is 12.2 Å². The third kappa shape index (κ3) is 7.14. The van der Waals surface area contributed by atoms with E-state index < -0.39 is 76.1 Å². The molecule has 0 aromatic rings. The Bertz CT molecular complexity index is 743. The molecule has 0 N–H and O–H groups in total. The minimum Gasteiger partial charge on any atom is -0.466 e. The van der Waals surface area contributed by atoms with E-state index in [2.05, 4.69) is 31.9 Å². The number of esters is 5. The zero-order valence-corrected chi connectivity index (χ0v) is 21.6. The van der Waals surface area contributed by atoms with Crippen LogP contribution in [0.25, 0.3) is 0 Å². The minimum absolute atomic E-state index is 0.455. The maximum Gasteiger partial charge on any atom is 0.350 e. The van der Waals surface area contributed by atoms with E-state index in [1.54, 1.807) is 6.92 Å². The van der Waals surface area contributed by atoms with Crippen molar-refractivity contribution in [3.63, 3.8) is 0 Å². The smallest absolute Gasteiger partial charge is 0.350 e. The lowest BCUT2D eigenvalue weighted by Gasteiger charge is -2.48. The Kier molecular flexibility index (Phi) is 10.6. The summed E-state index contributed by atoms with van der Waals surface area (Å²) in [6.45, 7) is 5.76. The molecule has 0 spiro atoms. The van der Waals surface area contributed by atoms with Gasteiger partial charge < -0.3 is 28.4 Å². The molecule has 32 heavy (non-hydrogen) atoms. The molecule has 1 saturated heterocycles. The van der Waals surface area contributed by atoms with Crippen LogP contribution in [-0.4, -0.2) is 77.3 Å². The predicted molar refractivity (Wildman–Crippen MR) is 114 cm³/mol. The molecule has 1 aliphatic rings. The number of ether oxygens (including phenoxy) is 6. The molecule has 0 radical (unpaired) electrons. The largest absolute Gasteiger partial charge is 0.466 e. The summed E-state index contributed by atoms with van der Waals surface area (Å²) in [6, 6.07) is 0. The van der Waals surface area contributed by atoms with Crippen molar-refractivity contribution in [1.82, 2.24) is 0 Å². The van der Waals surface area contributed by atoms with Gasteiger partial charge in [-0.2, -0.15) is 0 Å². The Balaban J connectivity index is 3.52. The highest BCUT2D eigenvalue weighted by molar-refractivity contribution is 9.12. The molecule has 0 bridgehead atoms. The van der Waals surface area contributed by atoms with Crippen LogP contribution in [0.1, 0.15) is 34.6 Å². The van der Waals surface area contributed by atoms with E-state index in [1.165, 1.54) is 6.92 Å². The Morgan fingerprint density at radius 1 is 0.969 bits per heavy atom. The fraction of sp³-hybridized carbons (Fsp3) is 0.737. The van der Waals surface area contributed by atoms with Crippen LogP contribution < -0.4 is 0 Å². The van der Waals surface area contributed by atoms with Crippen molar-refractivity contribution < 1.29 is 52.4 Å². The van der Waals surface area contributed by atoms with E-state index >= 15 is 0 Å². The third-order valence-electron chi connectivity index (χ3n) is 4.51. The molecule has 1 aliphatic heterocycles. The normalized spacial score (nSPS) is 29.1. The van der Waals surface area contributed by atoms with Crippen LogP contribution in [-0.2, 0) is 52.4 Å². The molecule has 0 aliphatic carbocycles. The van der Waals surface area contributed by atoms with Gasteiger partial charge in [0.25, 0.3) is 0 Å². The molecule has 1 heterocycles. The van der Waals surface area contributed by atoms with E-state index in [0.29, 0.717) is 0 Å². The number of alkyl halides is 2. The van der Waals surface area contributed by atoms with E-state index in [9.17, 15) is 24.0 Å². The van der Waals surface area contributed by atoms with E-state index in [1.807, 2.05) is 0 Å². The van der Waals surface area contributed by atoms with Crippen molar-refractivity contribution in [1.29, 1.82) is 0 Å². The molecular formula is C19H26Br2O11. The van der Waals surface area contributed by atoms with Gasteiger partial charge in [-0.25, -0.2) is 4.79 Å². The molecule has 13 heteroatoms. The van der Waals surface area contributed by atoms with Crippen molar-refractivity contribution in [2.45, 2.75) is 68.4 Å². The van der Waals surface area contributed by atoms with Crippen molar-refractivity contribution in [2.75, 3.05) is 13.7 Å². The maximum atomic E-state index is 12.6. The third-order valence-corrected chi connectivity index (χ3v) is 7.30. The standard InChI is InChI=1S/C19H26Br2O11/c1-8-14(16(31-12(5)25)13(29-10(3)23)7-28-9(2)22)32-19(21,18(26)27-6)17(20)15(8)30-11(4)24/h8,13-17H,7H2,1-6H3/t8-,13+,14+,15+,16+,17+,19-/m0/s1. The highest BCUT2D eigenvalue weighted by atomic mass is 79.9. The van der Waals surface area contributed by atoms with E-state index in [4.69, 9.17) is 28.4 Å². The lowest BCUT2D eigenvalue weighted by atomic mass is 9.85. The van der Waals surface area contributed by atoms with Gasteiger partial charge in [-0.15, -0.1) is 0 Å². The van der Waals surface area contributed by atoms with Gasteiger partial charge in [0.2, 0.25) is 4.51 Å². The van der Waals surface area contributed by atoms with Gasteiger partial charge in [0, 0.05) is 33.6 Å². The van der Waals surface area contributed by atoms with E-state index in [0.717, 1.165) is 27.9 Å². The van der Waals surface area contributed by atoms with Crippen molar-refractivity contribution in [3.8, 4) is 0 Å². The number of carbonyl (C=O) groups excluding carboxylic acids is 5. The molecule has 7 atom stereocenters. The molecule has 1 fully saturated rings. The average Bonchev–Trinajstić information content (AvgIpc) is 2.68. The number of halogens is 2. The molecule has 1 rings (SSSR count). The zero-order valence-electron chi connectivity index (χ0n) is 18.4. The lowest BCUT2D eigenvalue weighted by molar-refractivity contribution is -0.226. The second kappa shape index (κ2) is 11.9. The van der Waals surface area contributed by atoms with Gasteiger partial charge >= 0.3 is 29.8 Å².